The second-order valence-electron chi connectivity index (χ2n) is 9.34. The zero-order valence-electron chi connectivity index (χ0n) is 19.5. The monoisotopic (exact) mass is 480 g/mol. The molecule has 0 radical (unpaired) electrons. The number of pyridine rings is 1. The maximum absolute atomic E-state index is 13.9. The summed E-state index contributed by atoms with van der Waals surface area (Å²) in [5, 5.41) is 0. The lowest BCUT2D eigenvalue weighted by atomic mass is 10.0. The van der Waals surface area contributed by atoms with Gasteiger partial charge in [0.25, 0.3) is 11.8 Å². The lowest BCUT2D eigenvalue weighted by Crippen LogP contribution is -2.49. The molecule has 3 aromatic rings. The van der Waals surface area contributed by atoms with E-state index in [0.717, 1.165) is 17.0 Å². The minimum Gasteiger partial charge on any atom is -0.305 e. The number of imide groups is 1. The summed E-state index contributed by atoms with van der Waals surface area (Å²) in [6.45, 7) is -0.0846. The van der Waals surface area contributed by atoms with Crippen molar-refractivity contribution in [3.8, 4) is 0 Å². The summed E-state index contributed by atoms with van der Waals surface area (Å²) in [4.78, 5) is 62.3. The Morgan fingerprint density at radius 3 is 2.17 bits per heavy atom. The van der Waals surface area contributed by atoms with E-state index in [0.29, 0.717) is 41.9 Å². The fourth-order valence-electron chi connectivity index (χ4n) is 5.66. The number of rotatable bonds is 4. The van der Waals surface area contributed by atoms with Crippen LogP contribution in [0.5, 0.6) is 0 Å². The Bertz CT molecular complexity index is 1350. The number of benzene rings is 2. The van der Waals surface area contributed by atoms with Crippen molar-refractivity contribution >= 4 is 35.0 Å². The van der Waals surface area contributed by atoms with Crippen molar-refractivity contribution in [2.75, 3.05) is 16.3 Å². The van der Waals surface area contributed by atoms with E-state index in [4.69, 9.17) is 0 Å². The fourth-order valence-corrected chi connectivity index (χ4v) is 5.66. The van der Waals surface area contributed by atoms with E-state index in [1.807, 2.05) is 42.5 Å². The Morgan fingerprint density at radius 2 is 1.47 bits per heavy atom. The topological polar surface area (TPSA) is 90.9 Å². The standard InChI is InChI=1S/C28H24N4O4/c33-25(17-31-26(34)19-9-1-2-10-20(19)27(31)35)32-22-14-7-11-21(22)28(36)30(16-18-8-5-6-15-29-18)23-12-3-4-13-24(23)32/h1-6,8-10,12-13,15,21-22H,7,11,14,16-17H2. The summed E-state index contributed by atoms with van der Waals surface area (Å²) < 4.78 is 0. The number of para-hydroxylation sites is 2. The first-order valence-electron chi connectivity index (χ1n) is 12.1. The summed E-state index contributed by atoms with van der Waals surface area (Å²) >= 11 is 0. The number of carbonyl (C=O) groups excluding carboxylic acids is 4. The molecule has 1 aromatic heterocycles. The molecule has 0 saturated heterocycles. The molecule has 4 amide bonds. The molecule has 1 saturated carbocycles. The lowest BCUT2D eigenvalue weighted by molar-refractivity contribution is -0.123. The average Bonchev–Trinajstić information content (AvgIpc) is 3.45. The normalized spacial score (nSPS) is 20.8. The highest BCUT2D eigenvalue weighted by Gasteiger charge is 2.47. The number of anilines is 2. The molecule has 2 aliphatic heterocycles. The first-order valence-corrected chi connectivity index (χ1v) is 12.1. The molecule has 36 heavy (non-hydrogen) atoms. The maximum atomic E-state index is 13.9. The average molecular weight is 481 g/mol. The van der Waals surface area contributed by atoms with Crippen LogP contribution in [0.15, 0.2) is 72.9 Å². The summed E-state index contributed by atoms with van der Waals surface area (Å²) in [6.07, 6.45) is 3.86. The Balaban J connectivity index is 1.37. The Morgan fingerprint density at radius 1 is 0.806 bits per heavy atom. The zero-order chi connectivity index (χ0) is 24.8. The second kappa shape index (κ2) is 8.71. The van der Waals surface area contributed by atoms with Gasteiger partial charge in [-0.15, -0.1) is 0 Å². The van der Waals surface area contributed by atoms with Crippen LogP contribution in [0.2, 0.25) is 0 Å². The number of amides is 4. The summed E-state index contributed by atoms with van der Waals surface area (Å²) in [7, 11) is 0. The summed E-state index contributed by atoms with van der Waals surface area (Å²) in [5.41, 5.74) is 2.60. The van der Waals surface area contributed by atoms with Crippen molar-refractivity contribution in [2.45, 2.75) is 31.8 Å². The molecule has 2 unspecified atom stereocenters. The van der Waals surface area contributed by atoms with E-state index in [1.54, 1.807) is 40.3 Å². The van der Waals surface area contributed by atoms with E-state index in [-0.39, 0.29) is 30.3 Å². The van der Waals surface area contributed by atoms with Crippen LogP contribution < -0.4 is 9.80 Å². The smallest absolute Gasteiger partial charge is 0.262 e. The van der Waals surface area contributed by atoms with Gasteiger partial charge in [-0.25, -0.2) is 0 Å². The third-order valence-corrected chi connectivity index (χ3v) is 7.31. The van der Waals surface area contributed by atoms with Crippen molar-refractivity contribution in [3.05, 3.63) is 89.7 Å². The predicted octanol–water partition coefficient (Wildman–Crippen LogP) is 3.43. The van der Waals surface area contributed by atoms with Gasteiger partial charge >= 0.3 is 0 Å². The highest BCUT2D eigenvalue weighted by molar-refractivity contribution is 6.23. The quantitative estimate of drug-likeness (QED) is 0.534. The minimum atomic E-state index is -0.470. The first kappa shape index (κ1) is 22.2. The maximum Gasteiger partial charge on any atom is 0.262 e. The SMILES string of the molecule is O=C1c2ccccc2C(=O)N1CC(=O)N1c2ccccc2N(Cc2ccccn2)C(=O)C2CCCC21. The Hall–Kier alpha value is -4.33. The molecule has 1 fully saturated rings. The highest BCUT2D eigenvalue weighted by atomic mass is 16.2. The molecule has 2 aromatic carbocycles. The van der Waals surface area contributed by atoms with Crippen molar-refractivity contribution in [1.82, 2.24) is 9.88 Å². The number of fused-ring (bicyclic) bond motifs is 3. The number of hydrogen-bond acceptors (Lipinski definition) is 5. The Kier molecular flexibility index (Phi) is 5.36. The molecule has 2 atom stereocenters. The molecule has 1 aliphatic carbocycles. The third-order valence-electron chi connectivity index (χ3n) is 7.31. The third kappa shape index (κ3) is 3.48. The minimum absolute atomic E-state index is 0.0355. The van der Waals surface area contributed by atoms with Gasteiger partial charge in [0.05, 0.1) is 40.7 Å². The molecule has 0 spiro atoms. The molecular weight excluding hydrogens is 456 g/mol. The van der Waals surface area contributed by atoms with Crippen LogP contribution in [0.25, 0.3) is 0 Å². The highest BCUT2D eigenvalue weighted by Crippen LogP contribution is 2.43. The van der Waals surface area contributed by atoms with Crippen LogP contribution in [0.3, 0.4) is 0 Å². The van der Waals surface area contributed by atoms with Crippen LogP contribution in [-0.4, -0.2) is 46.1 Å². The van der Waals surface area contributed by atoms with Gasteiger partial charge in [-0.3, -0.25) is 29.1 Å². The van der Waals surface area contributed by atoms with Crippen LogP contribution in [0, 0.1) is 5.92 Å². The second-order valence-corrected chi connectivity index (χ2v) is 9.34. The van der Waals surface area contributed by atoms with Gasteiger partial charge in [-0.1, -0.05) is 36.8 Å². The van der Waals surface area contributed by atoms with Gasteiger partial charge in [0.2, 0.25) is 11.8 Å². The molecule has 6 rings (SSSR count). The molecule has 8 nitrogen and oxygen atoms in total. The van der Waals surface area contributed by atoms with E-state index < -0.39 is 11.8 Å². The molecule has 0 bridgehead atoms. The van der Waals surface area contributed by atoms with Crippen molar-refractivity contribution in [1.29, 1.82) is 0 Å². The first-order chi connectivity index (χ1) is 17.5. The number of nitrogens with zero attached hydrogens (tertiary/aromatic N) is 4. The van der Waals surface area contributed by atoms with Gasteiger partial charge in [-0.05, 0) is 49.2 Å². The van der Waals surface area contributed by atoms with Crippen LogP contribution in [-0.2, 0) is 16.1 Å². The van der Waals surface area contributed by atoms with Gasteiger partial charge in [0.15, 0.2) is 0 Å². The van der Waals surface area contributed by atoms with Crippen LogP contribution in [0.4, 0.5) is 11.4 Å². The number of aromatic nitrogens is 1. The molecule has 8 heteroatoms. The van der Waals surface area contributed by atoms with Crippen molar-refractivity contribution < 1.29 is 19.2 Å². The number of hydrogen-bond donors (Lipinski definition) is 0. The molecule has 3 aliphatic rings. The van der Waals surface area contributed by atoms with Gasteiger partial charge < -0.3 is 9.80 Å². The van der Waals surface area contributed by atoms with Gasteiger partial charge in [0, 0.05) is 12.2 Å². The summed E-state index contributed by atoms with van der Waals surface area (Å²) in [5.74, 6) is -1.72. The molecular formula is C28H24N4O4. The van der Waals surface area contributed by atoms with E-state index in [1.165, 1.54) is 0 Å². The van der Waals surface area contributed by atoms with Gasteiger partial charge in [-0.2, -0.15) is 0 Å². The lowest BCUT2D eigenvalue weighted by Gasteiger charge is -2.31. The fraction of sp³-hybridized carbons (Fsp3) is 0.250. The van der Waals surface area contributed by atoms with E-state index >= 15 is 0 Å². The molecule has 3 heterocycles. The largest absolute Gasteiger partial charge is 0.305 e. The van der Waals surface area contributed by atoms with Crippen molar-refractivity contribution in [3.63, 3.8) is 0 Å². The Labute approximate surface area is 208 Å². The van der Waals surface area contributed by atoms with Crippen molar-refractivity contribution in [2.24, 2.45) is 5.92 Å². The van der Waals surface area contributed by atoms with Gasteiger partial charge in [0.1, 0.15) is 6.54 Å². The summed E-state index contributed by atoms with van der Waals surface area (Å²) in [6, 6.07) is 19.2. The zero-order valence-corrected chi connectivity index (χ0v) is 19.5. The molecule has 0 N–H and O–H groups in total. The van der Waals surface area contributed by atoms with Crippen LogP contribution in [0.1, 0.15) is 45.7 Å². The molecule has 180 valence electrons. The van der Waals surface area contributed by atoms with Crippen LogP contribution >= 0.6 is 0 Å². The number of carbonyl (C=O) groups is 4. The van der Waals surface area contributed by atoms with E-state index in [9.17, 15) is 19.2 Å². The van der Waals surface area contributed by atoms with E-state index in [2.05, 4.69) is 4.98 Å². The predicted molar refractivity (Wildman–Crippen MR) is 132 cm³/mol.